The van der Waals surface area contributed by atoms with Gasteiger partial charge >= 0.3 is 0 Å². The van der Waals surface area contributed by atoms with Crippen molar-refractivity contribution in [3.05, 3.63) is 64.9 Å². The van der Waals surface area contributed by atoms with Gasteiger partial charge in [0.1, 0.15) is 11.5 Å². The topological polar surface area (TPSA) is 50.5 Å². The van der Waals surface area contributed by atoms with Crippen molar-refractivity contribution in [2.24, 2.45) is 0 Å². The number of rotatable bonds is 4. The molecule has 29 heavy (non-hydrogen) atoms. The molecular formula is C21H19F3N4O. The molecule has 1 aliphatic carbocycles. The third-order valence-corrected chi connectivity index (χ3v) is 5.66. The summed E-state index contributed by atoms with van der Waals surface area (Å²) < 4.78 is 41.9. The van der Waals surface area contributed by atoms with Crippen LogP contribution in [-0.4, -0.2) is 31.9 Å². The molecule has 1 aromatic carbocycles. The molecule has 0 spiro atoms. The summed E-state index contributed by atoms with van der Waals surface area (Å²) in [5, 5.41) is 4.15. The Morgan fingerprint density at radius 2 is 1.97 bits per heavy atom. The van der Waals surface area contributed by atoms with Crippen molar-refractivity contribution in [3.8, 4) is 0 Å². The van der Waals surface area contributed by atoms with E-state index in [2.05, 4.69) is 10.1 Å². The Bertz CT molecular complexity index is 1090. The van der Waals surface area contributed by atoms with Gasteiger partial charge in [-0.1, -0.05) is 12.1 Å². The zero-order valence-corrected chi connectivity index (χ0v) is 15.6. The molecule has 0 bridgehead atoms. The number of amides is 1. The van der Waals surface area contributed by atoms with Gasteiger partial charge in [0.15, 0.2) is 11.3 Å². The van der Waals surface area contributed by atoms with Crippen molar-refractivity contribution in [1.29, 1.82) is 0 Å². The van der Waals surface area contributed by atoms with E-state index in [0.717, 1.165) is 35.8 Å². The Morgan fingerprint density at radius 1 is 1.14 bits per heavy atom. The molecule has 2 aromatic heterocycles. The molecule has 1 atom stereocenters. The molecule has 1 saturated heterocycles. The number of aromatic nitrogens is 3. The first kappa shape index (κ1) is 18.1. The van der Waals surface area contributed by atoms with E-state index in [1.165, 1.54) is 24.3 Å². The molecule has 1 saturated carbocycles. The number of fused-ring (bicyclic) bond motifs is 1. The molecule has 1 unspecified atom stereocenters. The first-order chi connectivity index (χ1) is 14.0. The van der Waals surface area contributed by atoms with E-state index in [0.29, 0.717) is 12.2 Å². The van der Waals surface area contributed by atoms with E-state index in [-0.39, 0.29) is 40.7 Å². The van der Waals surface area contributed by atoms with Crippen LogP contribution in [0.25, 0.3) is 5.65 Å². The third kappa shape index (κ3) is 3.26. The van der Waals surface area contributed by atoms with Gasteiger partial charge in [-0.2, -0.15) is 5.10 Å². The number of carbonyl (C=O) groups is 1. The molecule has 2 fully saturated rings. The van der Waals surface area contributed by atoms with Crippen LogP contribution in [0, 0.1) is 5.82 Å². The van der Waals surface area contributed by atoms with Crippen molar-refractivity contribution in [2.75, 3.05) is 6.54 Å². The van der Waals surface area contributed by atoms with E-state index in [1.54, 1.807) is 17.0 Å². The number of hydrogen-bond donors (Lipinski definition) is 0. The highest BCUT2D eigenvalue weighted by Gasteiger charge is 2.33. The quantitative estimate of drug-likeness (QED) is 0.640. The Labute approximate surface area is 165 Å². The van der Waals surface area contributed by atoms with Crippen molar-refractivity contribution in [2.45, 2.75) is 44.1 Å². The summed E-state index contributed by atoms with van der Waals surface area (Å²) in [5.41, 5.74) is 1.44. The minimum atomic E-state index is -2.72. The maximum atomic E-state index is 13.6. The highest BCUT2D eigenvalue weighted by molar-refractivity contribution is 5.93. The lowest BCUT2D eigenvalue weighted by Crippen LogP contribution is -2.31. The summed E-state index contributed by atoms with van der Waals surface area (Å²) in [5.74, 6) is -0.495. The molecule has 1 aliphatic heterocycles. The first-order valence-electron chi connectivity index (χ1n) is 9.76. The summed E-state index contributed by atoms with van der Waals surface area (Å²) in [6.45, 7) is 0.510. The maximum absolute atomic E-state index is 13.6. The Hall–Kier alpha value is -2.90. The van der Waals surface area contributed by atoms with Gasteiger partial charge in [-0.05, 0) is 49.4 Å². The average molecular weight is 400 g/mol. The zero-order chi connectivity index (χ0) is 20.1. The minimum absolute atomic E-state index is 0.0793. The minimum Gasteiger partial charge on any atom is -0.330 e. The summed E-state index contributed by atoms with van der Waals surface area (Å²) in [6.07, 6.45) is 0.665. The monoisotopic (exact) mass is 400 g/mol. The smallest absolute Gasteiger partial charge is 0.280 e. The van der Waals surface area contributed by atoms with E-state index in [4.69, 9.17) is 0 Å². The lowest BCUT2D eigenvalue weighted by atomic mass is 10.0. The Kier molecular flexibility index (Phi) is 4.29. The molecule has 0 N–H and O–H groups in total. The van der Waals surface area contributed by atoms with Crippen LogP contribution in [0.5, 0.6) is 0 Å². The van der Waals surface area contributed by atoms with Gasteiger partial charge in [0, 0.05) is 24.2 Å². The second-order valence-electron chi connectivity index (χ2n) is 7.69. The van der Waals surface area contributed by atoms with Gasteiger partial charge in [0.2, 0.25) is 0 Å². The molecule has 2 aliphatic rings. The van der Waals surface area contributed by atoms with Crippen LogP contribution < -0.4 is 0 Å². The molecule has 0 radical (unpaired) electrons. The maximum Gasteiger partial charge on any atom is 0.280 e. The van der Waals surface area contributed by atoms with Crippen molar-refractivity contribution in [1.82, 2.24) is 19.5 Å². The summed E-state index contributed by atoms with van der Waals surface area (Å²) in [7, 11) is 0. The van der Waals surface area contributed by atoms with Crippen molar-refractivity contribution in [3.63, 3.8) is 0 Å². The molecular weight excluding hydrogens is 381 g/mol. The standard InChI is InChI=1S/C21H19F3N4O/c22-14-4-1-3-13(9-14)17-5-2-8-27(17)21(29)16-11-19-25-15(12-6-7-12)10-18(20(23)24)28(19)26-16/h1,3-4,9-12,17,20H,2,5-8H2. The number of likely N-dealkylation sites (tertiary alicyclic amines) is 1. The number of alkyl halides is 2. The largest absolute Gasteiger partial charge is 0.330 e. The van der Waals surface area contributed by atoms with Gasteiger partial charge in [-0.15, -0.1) is 0 Å². The van der Waals surface area contributed by atoms with Gasteiger partial charge in [0.25, 0.3) is 12.3 Å². The van der Waals surface area contributed by atoms with Crippen molar-refractivity contribution >= 4 is 11.6 Å². The van der Waals surface area contributed by atoms with Crippen molar-refractivity contribution < 1.29 is 18.0 Å². The fourth-order valence-corrected chi connectivity index (χ4v) is 4.08. The van der Waals surface area contributed by atoms with E-state index in [9.17, 15) is 18.0 Å². The summed E-state index contributed by atoms with van der Waals surface area (Å²) in [4.78, 5) is 19.2. The molecule has 3 heterocycles. The fourth-order valence-electron chi connectivity index (χ4n) is 4.08. The molecule has 150 valence electrons. The van der Waals surface area contributed by atoms with Crippen LogP contribution in [0.2, 0.25) is 0 Å². The number of carbonyl (C=O) groups excluding carboxylic acids is 1. The lowest BCUT2D eigenvalue weighted by molar-refractivity contribution is 0.0728. The number of hydrogen-bond acceptors (Lipinski definition) is 3. The average Bonchev–Trinajstić information content (AvgIpc) is 3.27. The molecule has 5 rings (SSSR count). The first-order valence-corrected chi connectivity index (χ1v) is 9.76. The Balaban J connectivity index is 1.51. The molecule has 1 amide bonds. The second kappa shape index (κ2) is 6.86. The number of benzene rings is 1. The third-order valence-electron chi connectivity index (χ3n) is 5.66. The van der Waals surface area contributed by atoms with Gasteiger partial charge in [0.05, 0.1) is 6.04 Å². The van der Waals surface area contributed by atoms with Crippen LogP contribution in [0.1, 0.15) is 71.5 Å². The van der Waals surface area contributed by atoms with Gasteiger partial charge < -0.3 is 4.90 Å². The summed E-state index contributed by atoms with van der Waals surface area (Å²) >= 11 is 0. The highest BCUT2D eigenvalue weighted by atomic mass is 19.3. The summed E-state index contributed by atoms with van der Waals surface area (Å²) in [6, 6.07) is 8.81. The predicted molar refractivity (Wildman–Crippen MR) is 99.3 cm³/mol. The van der Waals surface area contributed by atoms with Crippen LogP contribution in [0.15, 0.2) is 36.4 Å². The normalized spacial score (nSPS) is 19.4. The predicted octanol–water partition coefficient (Wildman–Crippen LogP) is 4.66. The van der Waals surface area contributed by atoms with Crippen LogP contribution in [0.4, 0.5) is 13.2 Å². The van der Waals surface area contributed by atoms with Crippen LogP contribution in [-0.2, 0) is 0 Å². The zero-order valence-electron chi connectivity index (χ0n) is 15.6. The van der Waals surface area contributed by atoms with Crippen LogP contribution >= 0.6 is 0 Å². The van der Waals surface area contributed by atoms with Crippen LogP contribution in [0.3, 0.4) is 0 Å². The van der Waals surface area contributed by atoms with E-state index in [1.807, 2.05) is 0 Å². The number of nitrogens with zero attached hydrogens (tertiary/aromatic N) is 4. The second-order valence-corrected chi connectivity index (χ2v) is 7.69. The molecule has 8 heteroatoms. The Morgan fingerprint density at radius 3 is 2.69 bits per heavy atom. The van der Waals surface area contributed by atoms with Gasteiger partial charge in [-0.3, -0.25) is 4.79 Å². The number of halogens is 3. The lowest BCUT2D eigenvalue weighted by Gasteiger charge is -2.24. The molecule has 3 aromatic rings. The fraction of sp³-hybridized carbons (Fsp3) is 0.381. The highest BCUT2D eigenvalue weighted by Crippen LogP contribution is 2.40. The van der Waals surface area contributed by atoms with E-state index < -0.39 is 6.43 Å². The van der Waals surface area contributed by atoms with Gasteiger partial charge in [-0.25, -0.2) is 22.7 Å². The van der Waals surface area contributed by atoms with E-state index >= 15 is 0 Å². The molecule has 5 nitrogen and oxygen atoms in total. The SMILES string of the molecule is O=C(c1cc2nc(C3CC3)cc(C(F)F)n2n1)N1CCCC1c1cccc(F)c1.